The monoisotopic (exact) mass is 313 g/mol. The summed E-state index contributed by atoms with van der Waals surface area (Å²) in [6.45, 7) is 3.31. The van der Waals surface area contributed by atoms with E-state index in [2.05, 4.69) is 10.1 Å². The van der Waals surface area contributed by atoms with Crippen LogP contribution in [0.2, 0.25) is 0 Å². The van der Waals surface area contributed by atoms with Crippen LogP contribution in [-0.2, 0) is 14.3 Å². The van der Waals surface area contributed by atoms with Crippen LogP contribution in [0.25, 0.3) is 11.1 Å². The van der Waals surface area contributed by atoms with Crippen molar-refractivity contribution in [3.8, 4) is 16.9 Å². The number of aryl methyl sites for hydroxylation is 1. The Morgan fingerprint density at radius 1 is 1.09 bits per heavy atom. The second-order valence-electron chi connectivity index (χ2n) is 5.12. The molecule has 1 amide bonds. The zero-order chi connectivity index (χ0) is 16.8. The predicted octanol–water partition coefficient (Wildman–Crippen LogP) is 3.17. The molecule has 0 aliphatic heterocycles. The van der Waals surface area contributed by atoms with Crippen molar-refractivity contribution in [2.75, 3.05) is 19.0 Å². The molecule has 120 valence electrons. The van der Waals surface area contributed by atoms with E-state index in [1.165, 1.54) is 14.0 Å². The van der Waals surface area contributed by atoms with E-state index in [1.807, 2.05) is 49.4 Å². The van der Waals surface area contributed by atoms with Crippen molar-refractivity contribution in [1.82, 2.24) is 0 Å². The zero-order valence-corrected chi connectivity index (χ0v) is 13.4. The molecule has 23 heavy (non-hydrogen) atoms. The Bertz CT molecular complexity index is 707. The zero-order valence-electron chi connectivity index (χ0n) is 13.4. The number of hydrogen-bond acceptors (Lipinski definition) is 4. The van der Waals surface area contributed by atoms with E-state index in [-0.39, 0.29) is 12.5 Å². The van der Waals surface area contributed by atoms with Gasteiger partial charge in [0.15, 0.2) is 6.61 Å². The highest BCUT2D eigenvalue weighted by molar-refractivity contribution is 5.89. The standard InChI is InChI=1S/C18H19NO4/c1-12-4-9-17(23-11-18(21)22-3)16(10-12)14-5-7-15(8-6-14)19-13(2)20/h4-10H,11H2,1-3H3,(H,19,20). The summed E-state index contributed by atoms with van der Waals surface area (Å²) in [4.78, 5) is 22.3. The number of nitrogens with one attached hydrogen (secondary N) is 1. The fourth-order valence-corrected chi connectivity index (χ4v) is 2.13. The fraction of sp³-hybridized carbons (Fsp3) is 0.222. The van der Waals surface area contributed by atoms with Crippen LogP contribution < -0.4 is 10.1 Å². The van der Waals surface area contributed by atoms with Gasteiger partial charge in [0.25, 0.3) is 0 Å². The van der Waals surface area contributed by atoms with Crippen molar-refractivity contribution in [1.29, 1.82) is 0 Å². The second kappa shape index (κ2) is 7.45. The van der Waals surface area contributed by atoms with Crippen molar-refractivity contribution in [2.24, 2.45) is 0 Å². The summed E-state index contributed by atoms with van der Waals surface area (Å²) in [5.74, 6) is 0.0567. The quantitative estimate of drug-likeness (QED) is 0.861. The van der Waals surface area contributed by atoms with Crippen LogP contribution in [0.15, 0.2) is 42.5 Å². The molecule has 0 bridgehead atoms. The summed E-state index contributed by atoms with van der Waals surface area (Å²) in [5, 5.41) is 2.73. The number of rotatable bonds is 5. The summed E-state index contributed by atoms with van der Waals surface area (Å²) in [6.07, 6.45) is 0. The number of anilines is 1. The predicted molar refractivity (Wildman–Crippen MR) is 88.4 cm³/mol. The molecule has 0 saturated carbocycles. The highest BCUT2D eigenvalue weighted by Gasteiger charge is 2.09. The van der Waals surface area contributed by atoms with Gasteiger partial charge in [-0.1, -0.05) is 23.8 Å². The molecule has 0 heterocycles. The molecule has 0 radical (unpaired) electrons. The van der Waals surface area contributed by atoms with E-state index in [0.29, 0.717) is 5.75 Å². The molecule has 0 aliphatic rings. The Kier molecular flexibility index (Phi) is 5.36. The minimum atomic E-state index is -0.433. The minimum Gasteiger partial charge on any atom is -0.481 e. The number of carbonyl (C=O) groups excluding carboxylic acids is 2. The highest BCUT2D eigenvalue weighted by Crippen LogP contribution is 2.31. The normalized spacial score (nSPS) is 10.0. The summed E-state index contributed by atoms with van der Waals surface area (Å²) in [5.41, 5.74) is 3.62. The van der Waals surface area contributed by atoms with Crippen LogP contribution in [0, 0.1) is 6.92 Å². The Morgan fingerprint density at radius 2 is 1.78 bits per heavy atom. The summed E-state index contributed by atoms with van der Waals surface area (Å²) in [6, 6.07) is 13.2. The van der Waals surface area contributed by atoms with Crippen LogP contribution in [0.4, 0.5) is 5.69 Å². The van der Waals surface area contributed by atoms with Crippen molar-refractivity contribution in [3.63, 3.8) is 0 Å². The van der Waals surface area contributed by atoms with Crippen molar-refractivity contribution < 1.29 is 19.1 Å². The first kappa shape index (κ1) is 16.5. The van der Waals surface area contributed by atoms with E-state index in [0.717, 1.165) is 22.4 Å². The van der Waals surface area contributed by atoms with Gasteiger partial charge >= 0.3 is 5.97 Å². The lowest BCUT2D eigenvalue weighted by Crippen LogP contribution is -2.13. The van der Waals surface area contributed by atoms with E-state index in [9.17, 15) is 9.59 Å². The molecule has 5 heteroatoms. The van der Waals surface area contributed by atoms with Crippen molar-refractivity contribution >= 4 is 17.6 Å². The molecule has 0 atom stereocenters. The van der Waals surface area contributed by atoms with Crippen molar-refractivity contribution in [3.05, 3.63) is 48.0 Å². The van der Waals surface area contributed by atoms with Gasteiger partial charge in [0.1, 0.15) is 5.75 Å². The number of carbonyl (C=O) groups is 2. The molecule has 1 N–H and O–H groups in total. The molecular weight excluding hydrogens is 294 g/mol. The van der Waals surface area contributed by atoms with Crippen LogP contribution in [0.3, 0.4) is 0 Å². The third kappa shape index (κ3) is 4.57. The lowest BCUT2D eigenvalue weighted by atomic mass is 10.0. The van der Waals surface area contributed by atoms with E-state index >= 15 is 0 Å². The fourth-order valence-electron chi connectivity index (χ4n) is 2.13. The van der Waals surface area contributed by atoms with Gasteiger partial charge in [-0.25, -0.2) is 4.79 Å². The third-order valence-corrected chi connectivity index (χ3v) is 3.22. The number of esters is 1. The van der Waals surface area contributed by atoms with Gasteiger partial charge in [-0.3, -0.25) is 4.79 Å². The first-order valence-corrected chi connectivity index (χ1v) is 7.18. The number of ether oxygens (including phenoxy) is 2. The third-order valence-electron chi connectivity index (χ3n) is 3.22. The van der Waals surface area contributed by atoms with Gasteiger partial charge < -0.3 is 14.8 Å². The highest BCUT2D eigenvalue weighted by atomic mass is 16.6. The maximum Gasteiger partial charge on any atom is 0.343 e. The number of hydrogen-bond donors (Lipinski definition) is 1. The number of amides is 1. The first-order chi connectivity index (χ1) is 11.0. The lowest BCUT2D eigenvalue weighted by molar-refractivity contribution is -0.142. The molecule has 0 unspecified atom stereocenters. The Hall–Kier alpha value is -2.82. The molecule has 0 spiro atoms. The molecule has 0 saturated heterocycles. The molecule has 0 fully saturated rings. The molecule has 2 rings (SSSR count). The summed E-state index contributed by atoms with van der Waals surface area (Å²) < 4.78 is 10.1. The van der Waals surface area contributed by atoms with E-state index in [4.69, 9.17) is 4.74 Å². The number of benzene rings is 2. The van der Waals surface area contributed by atoms with Crippen LogP contribution in [-0.4, -0.2) is 25.6 Å². The molecule has 0 aliphatic carbocycles. The maximum atomic E-state index is 11.3. The summed E-state index contributed by atoms with van der Waals surface area (Å²) in [7, 11) is 1.32. The molecule has 2 aromatic rings. The number of methoxy groups -OCH3 is 1. The maximum absolute atomic E-state index is 11.3. The van der Waals surface area contributed by atoms with Crippen LogP contribution >= 0.6 is 0 Å². The molecule has 5 nitrogen and oxygen atoms in total. The SMILES string of the molecule is COC(=O)COc1ccc(C)cc1-c1ccc(NC(C)=O)cc1. The lowest BCUT2D eigenvalue weighted by Gasteiger charge is -2.12. The van der Waals surface area contributed by atoms with Gasteiger partial charge in [0.2, 0.25) is 5.91 Å². The Balaban J connectivity index is 2.28. The van der Waals surface area contributed by atoms with E-state index < -0.39 is 5.97 Å². The Labute approximate surface area is 135 Å². The average molecular weight is 313 g/mol. The smallest absolute Gasteiger partial charge is 0.343 e. The topological polar surface area (TPSA) is 64.6 Å². The minimum absolute atomic E-state index is 0.115. The second-order valence-corrected chi connectivity index (χ2v) is 5.12. The van der Waals surface area contributed by atoms with Gasteiger partial charge in [0.05, 0.1) is 7.11 Å². The van der Waals surface area contributed by atoms with Gasteiger partial charge in [0, 0.05) is 18.2 Å². The van der Waals surface area contributed by atoms with Gasteiger partial charge in [-0.2, -0.15) is 0 Å². The van der Waals surface area contributed by atoms with Crippen molar-refractivity contribution in [2.45, 2.75) is 13.8 Å². The Morgan fingerprint density at radius 3 is 2.39 bits per heavy atom. The first-order valence-electron chi connectivity index (χ1n) is 7.18. The molecular formula is C18H19NO4. The molecule has 0 aromatic heterocycles. The molecule has 2 aromatic carbocycles. The van der Waals surface area contributed by atoms with Gasteiger partial charge in [-0.15, -0.1) is 0 Å². The summed E-state index contributed by atoms with van der Waals surface area (Å²) >= 11 is 0. The van der Waals surface area contributed by atoms with E-state index in [1.54, 1.807) is 0 Å². The average Bonchev–Trinajstić information content (AvgIpc) is 2.53. The largest absolute Gasteiger partial charge is 0.481 e. The van der Waals surface area contributed by atoms with Crippen LogP contribution in [0.5, 0.6) is 5.75 Å². The van der Waals surface area contributed by atoms with Crippen LogP contribution in [0.1, 0.15) is 12.5 Å². The van der Waals surface area contributed by atoms with Gasteiger partial charge in [-0.05, 0) is 36.8 Å².